The fourth-order valence-corrected chi connectivity index (χ4v) is 2.84. The van der Waals surface area contributed by atoms with E-state index >= 15 is 0 Å². The number of nitrogens with one attached hydrogen (secondary N) is 1. The summed E-state index contributed by atoms with van der Waals surface area (Å²) in [6.07, 6.45) is 2.86. The molecule has 1 amide bonds. The number of amides is 1. The summed E-state index contributed by atoms with van der Waals surface area (Å²) in [6, 6.07) is 0.940. The van der Waals surface area contributed by atoms with Crippen LogP contribution in [-0.4, -0.2) is 42.0 Å². The smallest absolute Gasteiger partial charge is 0.226 e. The number of rotatable bonds is 1. The second-order valence-corrected chi connectivity index (χ2v) is 5.29. The number of hydrogen-bond donors (Lipinski definition) is 2. The summed E-state index contributed by atoms with van der Waals surface area (Å²) in [7, 11) is 0. The largest absolute Gasteiger partial charge is 0.337 e. The van der Waals surface area contributed by atoms with E-state index in [2.05, 4.69) is 19.2 Å². The molecule has 4 heteroatoms. The maximum atomic E-state index is 12.3. The highest BCUT2D eigenvalue weighted by atomic mass is 16.2. The average molecular weight is 225 g/mol. The van der Waals surface area contributed by atoms with Gasteiger partial charge < -0.3 is 16.0 Å². The standard InChI is InChI=1S/C12H23N3O/c1-8-9(2)15(6-5-14-8)12(16)10-3-4-11(13)7-10/h8-11,14H,3-7,13H2,1-2H3. The van der Waals surface area contributed by atoms with Gasteiger partial charge in [0.05, 0.1) is 0 Å². The summed E-state index contributed by atoms with van der Waals surface area (Å²) in [4.78, 5) is 14.4. The van der Waals surface area contributed by atoms with E-state index in [1.807, 2.05) is 4.90 Å². The van der Waals surface area contributed by atoms with Gasteiger partial charge in [-0.2, -0.15) is 0 Å². The van der Waals surface area contributed by atoms with Crippen molar-refractivity contribution in [3.05, 3.63) is 0 Å². The van der Waals surface area contributed by atoms with Gasteiger partial charge in [0.15, 0.2) is 0 Å². The van der Waals surface area contributed by atoms with Crippen molar-refractivity contribution in [2.75, 3.05) is 13.1 Å². The fraction of sp³-hybridized carbons (Fsp3) is 0.917. The zero-order valence-electron chi connectivity index (χ0n) is 10.3. The number of piperazine rings is 1. The van der Waals surface area contributed by atoms with Crippen molar-refractivity contribution in [1.29, 1.82) is 0 Å². The molecule has 2 fully saturated rings. The molecule has 2 aliphatic rings. The summed E-state index contributed by atoms with van der Waals surface area (Å²) in [5.74, 6) is 0.511. The van der Waals surface area contributed by atoms with Gasteiger partial charge in [-0.05, 0) is 33.1 Å². The maximum Gasteiger partial charge on any atom is 0.226 e. The molecule has 0 bridgehead atoms. The third-order valence-electron chi connectivity index (χ3n) is 4.14. The van der Waals surface area contributed by atoms with Crippen molar-refractivity contribution < 1.29 is 4.79 Å². The first kappa shape index (κ1) is 11.9. The summed E-state index contributed by atoms with van der Waals surface area (Å²) >= 11 is 0. The molecule has 0 radical (unpaired) electrons. The molecule has 0 aromatic carbocycles. The molecule has 1 saturated carbocycles. The monoisotopic (exact) mass is 225 g/mol. The average Bonchev–Trinajstić information content (AvgIpc) is 2.68. The normalized spacial score (nSPS) is 40.1. The molecule has 0 aromatic heterocycles. The number of hydrogen-bond acceptors (Lipinski definition) is 3. The lowest BCUT2D eigenvalue weighted by molar-refractivity contribution is -0.139. The second-order valence-electron chi connectivity index (χ2n) is 5.29. The van der Waals surface area contributed by atoms with E-state index in [0.29, 0.717) is 18.0 Å². The number of nitrogens with two attached hydrogens (primary N) is 1. The minimum absolute atomic E-state index is 0.183. The first-order valence-corrected chi connectivity index (χ1v) is 6.39. The molecular formula is C12H23N3O. The molecule has 4 atom stereocenters. The van der Waals surface area contributed by atoms with Crippen LogP contribution in [0.5, 0.6) is 0 Å². The van der Waals surface area contributed by atoms with Gasteiger partial charge in [-0.25, -0.2) is 0 Å². The van der Waals surface area contributed by atoms with Crippen LogP contribution in [-0.2, 0) is 4.79 Å². The van der Waals surface area contributed by atoms with Gasteiger partial charge in [0.2, 0.25) is 5.91 Å². The molecule has 1 aliphatic heterocycles. The van der Waals surface area contributed by atoms with Crippen molar-refractivity contribution in [2.45, 2.75) is 51.2 Å². The van der Waals surface area contributed by atoms with Gasteiger partial charge in [-0.15, -0.1) is 0 Å². The molecular weight excluding hydrogens is 202 g/mol. The van der Waals surface area contributed by atoms with Crippen LogP contribution in [0.1, 0.15) is 33.1 Å². The molecule has 1 heterocycles. The molecule has 1 aliphatic carbocycles. The minimum Gasteiger partial charge on any atom is -0.337 e. The van der Waals surface area contributed by atoms with E-state index in [9.17, 15) is 4.79 Å². The first-order valence-electron chi connectivity index (χ1n) is 6.39. The highest BCUT2D eigenvalue weighted by Gasteiger charge is 2.35. The Morgan fingerprint density at radius 2 is 2.12 bits per heavy atom. The molecule has 3 N–H and O–H groups in total. The van der Waals surface area contributed by atoms with Crippen molar-refractivity contribution >= 4 is 5.91 Å². The van der Waals surface area contributed by atoms with E-state index in [0.717, 1.165) is 32.4 Å². The number of nitrogens with zero attached hydrogens (tertiary/aromatic N) is 1. The molecule has 4 unspecified atom stereocenters. The number of carbonyl (C=O) groups is 1. The predicted molar refractivity (Wildman–Crippen MR) is 64.0 cm³/mol. The Hall–Kier alpha value is -0.610. The summed E-state index contributed by atoms with van der Waals surface area (Å²) in [5.41, 5.74) is 5.87. The molecule has 16 heavy (non-hydrogen) atoms. The van der Waals surface area contributed by atoms with Gasteiger partial charge in [-0.3, -0.25) is 4.79 Å². The molecule has 4 nitrogen and oxygen atoms in total. The van der Waals surface area contributed by atoms with Gasteiger partial charge in [0, 0.05) is 37.1 Å². The van der Waals surface area contributed by atoms with Crippen molar-refractivity contribution in [2.24, 2.45) is 11.7 Å². The van der Waals surface area contributed by atoms with Gasteiger partial charge in [0.25, 0.3) is 0 Å². The topological polar surface area (TPSA) is 58.4 Å². The molecule has 92 valence electrons. The van der Waals surface area contributed by atoms with Crippen LogP contribution in [0, 0.1) is 5.92 Å². The van der Waals surface area contributed by atoms with Crippen LogP contribution in [0.4, 0.5) is 0 Å². The highest BCUT2D eigenvalue weighted by Crippen LogP contribution is 2.27. The van der Waals surface area contributed by atoms with Crippen molar-refractivity contribution in [3.63, 3.8) is 0 Å². The van der Waals surface area contributed by atoms with Crippen molar-refractivity contribution in [1.82, 2.24) is 10.2 Å². The van der Waals surface area contributed by atoms with Gasteiger partial charge in [-0.1, -0.05) is 0 Å². The van der Waals surface area contributed by atoms with E-state index in [1.54, 1.807) is 0 Å². The van der Waals surface area contributed by atoms with E-state index in [1.165, 1.54) is 0 Å². The molecule has 0 spiro atoms. The van der Waals surface area contributed by atoms with Crippen LogP contribution < -0.4 is 11.1 Å². The van der Waals surface area contributed by atoms with Crippen LogP contribution >= 0.6 is 0 Å². The Labute approximate surface area is 97.6 Å². The third-order valence-corrected chi connectivity index (χ3v) is 4.14. The summed E-state index contributed by atoms with van der Waals surface area (Å²) in [5, 5.41) is 3.40. The van der Waals surface area contributed by atoms with Crippen LogP contribution in [0.15, 0.2) is 0 Å². The Balaban J connectivity index is 1.98. The Morgan fingerprint density at radius 3 is 2.75 bits per heavy atom. The zero-order chi connectivity index (χ0) is 11.7. The van der Waals surface area contributed by atoms with Gasteiger partial charge in [0.1, 0.15) is 0 Å². The van der Waals surface area contributed by atoms with E-state index < -0.39 is 0 Å². The van der Waals surface area contributed by atoms with E-state index in [4.69, 9.17) is 5.73 Å². The van der Waals surface area contributed by atoms with Crippen LogP contribution in [0.2, 0.25) is 0 Å². The molecule has 0 aromatic rings. The molecule has 2 rings (SSSR count). The van der Waals surface area contributed by atoms with Crippen LogP contribution in [0.3, 0.4) is 0 Å². The Bertz CT molecular complexity index is 269. The lowest BCUT2D eigenvalue weighted by Gasteiger charge is -2.40. The second kappa shape index (κ2) is 4.72. The van der Waals surface area contributed by atoms with Gasteiger partial charge >= 0.3 is 0 Å². The fourth-order valence-electron chi connectivity index (χ4n) is 2.84. The SMILES string of the molecule is CC1NCCN(C(=O)C2CCC(N)C2)C1C. The Morgan fingerprint density at radius 1 is 1.38 bits per heavy atom. The molecule has 1 saturated heterocycles. The van der Waals surface area contributed by atoms with Crippen LogP contribution in [0.25, 0.3) is 0 Å². The maximum absolute atomic E-state index is 12.3. The van der Waals surface area contributed by atoms with E-state index in [-0.39, 0.29) is 12.0 Å². The number of carbonyl (C=O) groups excluding carboxylic acids is 1. The minimum atomic E-state index is 0.183. The summed E-state index contributed by atoms with van der Waals surface area (Å²) in [6.45, 7) is 6.03. The lowest BCUT2D eigenvalue weighted by Crippen LogP contribution is -2.58. The lowest BCUT2D eigenvalue weighted by atomic mass is 10.0. The summed E-state index contributed by atoms with van der Waals surface area (Å²) < 4.78 is 0. The van der Waals surface area contributed by atoms with Crippen molar-refractivity contribution in [3.8, 4) is 0 Å². The quantitative estimate of drug-likeness (QED) is 0.676. The highest BCUT2D eigenvalue weighted by molar-refractivity contribution is 5.79. The zero-order valence-corrected chi connectivity index (χ0v) is 10.3. The third kappa shape index (κ3) is 2.23. The Kier molecular flexibility index (Phi) is 3.50. The predicted octanol–water partition coefficient (Wildman–Crippen LogP) is 0.323. The first-order chi connectivity index (χ1) is 7.59.